The largest absolute Gasteiger partial charge is 0.365 e. The monoisotopic (exact) mass is 440 g/mol. The number of nitro benzene ring substituents is 1. The van der Waals surface area contributed by atoms with Crippen LogP contribution in [-0.4, -0.2) is 47.4 Å². The highest BCUT2D eigenvalue weighted by Gasteiger charge is 2.43. The van der Waals surface area contributed by atoms with Crippen molar-refractivity contribution in [2.75, 3.05) is 24.5 Å². The van der Waals surface area contributed by atoms with Crippen molar-refractivity contribution < 1.29 is 9.72 Å². The Kier molecular flexibility index (Phi) is 5.32. The van der Waals surface area contributed by atoms with Gasteiger partial charge in [-0.3, -0.25) is 19.8 Å². The summed E-state index contributed by atoms with van der Waals surface area (Å²) in [6.07, 6.45) is 2.61. The summed E-state index contributed by atoms with van der Waals surface area (Å²) >= 11 is 6.02. The Morgan fingerprint density at radius 2 is 1.94 bits per heavy atom. The van der Waals surface area contributed by atoms with E-state index in [1.54, 1.807) is 12.1 Å². The number of rotatable bonds is 5. The Hall–Kier alpha value is -2.64. The molecule has 2 atom stereocenters. The molecule has 0 unspecified atom stereocenters. The van der Waals surface area contributed by atoms with E-state index in [0.717, 1.165) is 55.3 Å². The highest BCUT2D eigenvalue weighted by molar-refractivity contribution is 6.30. The van der Waals surface area contributed by atoms with Crippen molar-refractivity contribution in [3.05, 3.63) is 68.7 Å². The van der Waals surface area contributed by atoms with Crippen molar-refractivity contribution in [2.45, 2.75) is 37.9 Å². The molecule has 31 heavy (non-hydrogen) atoms. The quantitative estimate of drug-likeness (QED) is 0.569. The molecular formula is C23H25ClN4O3. The zero-order valence-electron chi connectivity index (χ0n) is 17.2. The average Bonchev–Trinajstić information content (AvgIpc) is 3.58. The normalized spacial score (nSPS) is 23.1. The molecule has 0 radical (unpaired) electrons. The maximum absolute atomic E-state index is 13.1. The van der Waals surface area contributed by atoms with Crippen LogP contribution in [0.3, 0.4) is 0 Å². The molecule has 0 spiro atoms. The second-order valence-corrected chi connectivity index (χ2v) is 9.22. The van der Waals surface area contributed by atoms with Crippen molar-refractivity contribution in [3.63, 3.8) is 0 Å². The van der Waals surface area contributed by atoms with E-state index in [2.05, 4.69) is 15.1 Å². The van der Waals surface area contributed by atoms with E-state index in [0.29, 0.717) is 12.5 Å². The highest BCUT2D eigenvalue weighted by atomic mass is 35.5. The third-order valence-corrected chi connectivity index (χ3v) is 6.82. The van der Waals surface area contributed by atoms with Gasteiger partial charge in [-0.2, -0.15) is 0 Å². The summed E-state index contributed by atoms with van der Waals surface area (Å²) in [6, 6.07) is 13.3. The van der Waals surface area contributed by atoms with Crippen LogP contribution in [0.25, 0.3) is 0 Å². The number of carbonyl (C=O) groups excluding carboxylic acids is 1. The smallest absolute Gasteiger partial charge is 0.269 e. The fraction of sp³-hybridized carbons (Fsp3) is 0.435. The molecule has 7 nitrogen and oxygen atoms in total. The molecule has 1 N–H and O–H groups in total. The minimum absolute atomic E-state index is 0.0498. The van der Waals surface area contributed by atoms with E-state index in [-0.39, 0.29) is 28.5 Å². The summed E-state index contributed by atoms with van der Waals surface area (Å²) < 4.78 is 0. The number of amides is 1. The number of hydrogen-bond acceptors (Lipinski definition) is 5. The predicted octanol–water partition coefficient (Wildman–Crippen LogP) is 3.39. The van der Waals surface area contributed by atoms with Crippen molar-refractivity contribution in [1.29, 1.82) is 0 Å². The van der Waals surface area contributed by atoms with Gasteiger partial charge in [0.2, 0.25) is 5.91 Å². The number of nitrogens with zero attached hydrogens (tertiary/aromatic N) is 3. The Balaban J connectivity index is 1.41. The van der Waals surface area contributed by atoms with Crippen LogP contribution in [0.15, 0.2) is 42.5 Å². The first-order valence-electron chi connectivity index (χ1n) is 10.8. The van der Waals surface area contributed by atoms with Crippen LogP contribution in [0.1, 0.15) is 24.0 Å². The number of piperazine rings is 1. The molecule has 162 valence electrons. The molecule has 0 aromatic heterocycles. The molecule has 1 amide bonds. The van der Waals surface area contributed by atoms with Crippen LogP contribution in [0, 0.1) is 16.0 Å². The summed E-state index contributed by atoms with van der Waals surface area (Å²) in [5.41, 5.74) is 3.20. The fourth-order valence-electron chi connectivity index (χ4n) is 4.81. The minimum atomic E-state index is -0.365. The molecule has 3 aliphatic rings. The number of nitrogens with one attached hydrogen (secondary N) is 1. The van der Waals surface area contributed by atoms with E-state index < -0.39 is 0 Å². The van der Waals surface area contributed by atoms with Crippen molar-refractivity contribution in [3.8, 4) is 0 Å². The van der Waals surface area contributed by atoms with Crippen LogP contribution in [0.5, 0.6) is 0 Å². The molecule has 2 fully saturated rings. The SMILES string of the molecule is O=C(NC1CC1)[C@@H]1Cc2cc([N+](=O)[O-])ccc2N2CCN(Cc3ccc(Cl)cc3)C[C@@H]12. The van der Waals surface area contributed by atoms with Gasteiger partial charge in [-0.05, 0) is 48.6 Å². The number of hydrogen-bond donors (Lipinski definition) is 1. The van der Waals surface area contributed by atoms with Crippen molar-refractivity contribution in [1.82, 2.24) is 10.2 Å². The van der Waals surface area contributed by atoms with Crippen molar-refractivity contribution >= 4 is 28.9 Å². The summed E-state index contributed by atoms with van der Waals surface area (Å²) in [7, 11) is 0. The maximum atomic E-state index is 13.1. The lowest BCUT2D eigenvalue weighted by molar-refractivity contribution is -0.384. The maximum Gasteiger partial charge on any atom is 0.269 e. The van der Waals surface area contributed by atoms with Crippen LogP contribution < -0.4 is 10.2 Å². The number of carbonyl (C=O) groups is 1. The van der Waals surface area contributed by atoms with Crippen LogP contribution in [-0.2, 0) is 17.8 Å². The molecule has 2 heterocycles. The third kappa shape index (κ3) is 4.25. The Labute approximate surface area is 186 Å². The van der Waals surface area contributed by atoms with Gasteiger partial charge in [-0.25, -0.2) is 0 Å². The molecule has 5 rings (SSSR count). The fourth-order valence-corrected chi connectivity index (χ4v) is 4.94. The lowest BCUT2D eigenvalue weighted by Crippen LogP contribution is -2.61. The number of anilines is 1. The Bertz CT molecular complexity index is 1010. The molecule has 2 aromatic carbocycles. The van der Waals surface area contributed by atoms with E-state index in [1.807, 2.05) is 30.3 Å². The number of non-ortho nitro benzene ring substituents is 1. The Morgan fingerprint density at radius 3 is 2.65 bits per heavy atom. The van der Waals surface area contributed by atoms with Gasteiger partial charge >= 0.3 is 0 Å². The summed E-state index contributed by atoms with van der Waals surface area (Å²) in [5.74, 6) is -0.147. The Morgan fingerprint density at radius 1 is 1.16 bits per heavy atom. The first kappa shape index (κ1) is 20.3. The second-order valence-electron chi connectivity index (χ2n) is 8.79. The van der Waals surface area contributed by atoms with E-state index >= 15 is 0 Å². The first-order chi connectivity index (χ1) is 15.0. The highest BCUT2D eigenvalue weighted by Crippen LogP contribution is 2.38. The van der Waals surface area contributed by atoms with Crippen LogP contribution >= 0.6 is 11.6 Å². The van der Waals surface area contributed by atoms with Gasteiger partial charge in [-0.15, -0.1) is 0 Å². The average molecular weight is 441 g/mol. The van der Waals surface area contributed by atoms with E-state index in [9.17, 15) is 14.9 Å². The van der Waals surface area contributed by atoms with Gasteiger partial charge in [0.15, 0.2) is 0 Å². The lowest BCUT2D eigenvalue weighted by atomic mass is 9.83. The van der Waals surface area contributed by atoms with E-state index in [1.165, 1.54) is 5.56 Å². The molecule has 1 saturated heterocycles. The molecule has 2 aromatic rings. The molecule has 2 aliphatic heterocycles. The van der Waals surface area contributed by atoms with Gasteiger partial charge in [0.25, 0.3) is 5.69 Å². The molecular weight excluding hydrogens is 416 g/mol. The minimum Gasteiger partial charge on any atom is -0.365 e. The van der Waals surface area contributed by atoms with Gasteiger partial charge < -0.3 is 10.2 Å². The number of halogens is 1. The number of nitro groups is 1. The van der Waals surface area contributed by atoms with Crippen molar-refractivity contribution in [2.24, 2.45) is 5.92 Å². The molecule has 1 saturated carbocycles. The van der Waals surface area contributed by atoms with Gasteiger partial charge in [0, 0.05) is 55.1 Å². The van der Waals surface area contributed by atoms with Crippen LogP contribution in [0.2, 0.25) is 5.02 Å². The zero-order chi connectivity index (χ0) is 21.5. The predicted molar refractivity (Wildman–Crippen MR) is 119 cm³/mol. The standard InChI is InChI=1S/C23H25ClN4O3/c24-17-3-1-15(2-4-17)13-26-9-10-27-21-8-7-19(28(30)31)11-16(21)12-20(22(27)14-26)23(29)25-18-5-6-18/h1-4,7-8,11,18,20,22H,5-6,9-10,12-14H2,(H,25,29)/t20-,22+/m1/s1. The number of benzene rings is 2. The topological polar surface area (TPSA) is 78.7 Å². The van der Waals surface area contributed by atoms with Gasteiger partial charge in [0.05, 0.1) is 16.9 Å². The summed E-state index contributed by atoms with van der Waals surface area (Å²) in [4.78, 5) is 28.7. The molecule has 1 aliphatic carbocycles. The lowest BCUT2D eigenvalue weighted by Gasteiger charge is -2.49. The first-order valence-corrected chi connectivity index (χ1v) is 11.2. The molecule has 8 heteroatoms. The second kappa shape index (κ2) is 8.13. The third-order valence-electron chi connectivity index (χ3n) is 6.57. The van der Waals surface area contributed by atoms with Gasteiger partial charge in [0.1, 0.15) is 0 Å². The zero-order valence-corrected chi connectivity index (χ0v) is 17.9. The van der Waals surface area contributed by atoms with Crippen LogP contribution in [0.4, 0.5) is 11.4 Å². The number of fused-ring (bicyclic) bond motifs is 3. The van der Waals surface area contributed by atoms with E-state index in [4.69, 9.17) is 11.6 Å². The van der Waals surface area contributed by atoms with Gasteiger partial charge in [-0.1, -0.05) is 23.7 Å². The summed E-state index contributed by atoms with van der Waals surface area (Å²) in [6.45, 7) is 3.25. The molecule has 0 bridgehead atoms. The summed E-state index contributed by atoms with van der Waals surface area (Å²) in [5, 5.41) is 15.2.